The molecule has 1 unspecified atom stereocenters. The van der Waals surface area contributed by atoms with Crippen LogP contribution >= 0.6 is 11.8 Å². The molecule has 90 valence electrons. The van der Waals surface area contributed by atoms with Crippen molar-refractivity contribution in [2.24, 2.45) is 7.05 Å². The van der Waals surface area contributed by atoms with Crippen LogP contribution in [0.5, 0.6) is 0 Å². The number of halogens is 1. The molecule has 3 nitrogen and oxygen atoms in total. The first-order chi connectivity index (χ1) is 8.16. The van der Waals surface area contributed by atoms with Crippen LogP contribution in [0, 0.1) is 5.82 Å². The van der Waals surface area contributed by atoms with E-state index in [1.807, 2.05) is 13.1 Å². The van der Waals surface area contributed by atoms with Crippen molar-refractivity contribution in [3.63, 3.8) is 0 Å². The van der Waals surface area contributed by atoms with E-state index in [2.05, 4.69) is 17.0 Å². The van der Waals surface area contributed by atoms with E-state index in [4.69, 9.17) is 0 Å². The number of hydrogen-bond donors (Lipinski definition) is 0. The van der Waals surface area contributed by atoms with Gasteiger partial charge in [0.25, 0.3) is 0 Å². The van der Waals surface area contributed by atoms with Crippen LogP contribution in [0.2, 0.25) is 0 Å². The van der Waals surface area contributed by atoms with E-state index in [1.54, 1.807) is 34.9 Å². The summed E-state index contributed by atoms with van der Waals surface area (Å²) in [5.41, 5.74) is 0.997. The molecule has 1 aromatic heterocycles. The molecular weight excluding hydrogens is 237 g/mol. The zero-order valence-electron chi connectivity index (χ0n) is 9.80. The smallest absolute Gasteiger partial charge is 0.138 e. The van der Waals surface area contributed by atoms with Gasteiger partial charge < -0.3 is 0 Å². The molecule has 1 atom stereocenters. The Bertz CT molecular complexity index is 498. The molecule has 5 heteroatoms. The topological polar surface area (TPSA) is 30.7 Å². The third-order valence-corrected chi connectivity index (χ3v) is 3.78. The molecule has 0 aliphatic heterocycles. The molecule has 0 amide bonds. The van der Waals surface area contributed by atoms with E-state index in [-0.39, 0.29) is 11.1 Å². The maximum Gasteiger partial charge on any atom is 0.138 e. The number of aryl methyl sites for hydroxylation is 1. The zero-order chi connectivity index (χ0) is 12.3. The minimum absolute atomic E-state index is 0.186. The second kappa shape index (κ2) is 5.31. The summed E-state index contributed by atoms with van der Waals surface area (Å²) in [5, 5.41) is 4.25. The first-order valence-electron chi connectivity index (χ1n) is 5.37. The second-order valence-electron chi connectivity index (χ2n) is 3.81. The number of hydrogen-bond acceptors (Lipinski definition) is 3. The summed E-state index contributed by atoms with van der Waals surface area (Å²) >= 11 is 1.72. The van der Waals surface area contributed by atoms with Gasteiger partial charge in [0.05, 0.1) is 5.75 Å². The lowest BCUT2D eigenvalue weighted by atomic mass is 10.2. The largest absolute Gasteiger partial charge is 0.252 e. The van der Waals surface area contributed by atoms with Gasteiger partial charge in [0.2, 0.25) is 0 Å². The Hall–Kier alpha value is -1.36. The fourth-order valence-corrected chi connectivity index (χ4v) is 2.51. The number of aromatic nitrogens is 3. The van der Waals surface area contributed by atoms with Crippen LogP contribution in [0.1, 0.15) is 23.6 Å². The van der Waals surface area contributed by atoms with E-state index in [1.165, 1.54) is 6.07 Å². The van der Waals surface area contributed by atoms with Gasteiger partial charge in [0.15, 0.2) is 0 Å². The summed E-state index contributed by atoms with van der Waals surface area (Å²) in [6.07, 6.45) is 1.54. The van der Waals surface area contributed by atoms with E-state index in [0.717, 1.165) is 17.1 Å². The Balaban J connectivity index is 1.98. The maximum absolute atomic E-state index is 13.1. The van der Waals surface area contributed by atoms with Crippen molar-refractivity contribution < 1.29 is 4.39 Å². The first-order valence-corrected chi connectivity index (χ1v) is 6.41. The van der Waals surface area contributed by atoms with Gasteiger partial charge >= 0.3 is 0 Å². The van der Waals surface area contributed by atoms with Crippen molar-refractivity contribution in [1.29, 1.82) is 0 Å². The van der Waals surface area contributed by atoms with E-state index < -0.39 is 0 Å². The van der Waals surface area contributed by atoms with E-state index >= 15 is 0 Å². The number of nitrogens with zero attached hydrogens (tertiary/aromatic N) is 3. The highest BCUT2D eigenvalue weighted by Gasteiger charge is 2.09. The van der Waals surface area contributed by atoms with Gasteiger partial charge in [-0.15, -0.1) is 11.8 Å². The van der Waals surface area contributed by atoms with Crippen LogP contribution in [-0.4, -0.2) is 14.8 Å². The molecule has 2 aromatic rings. The van der Waals surface area contributed by atoms with Crippen LogP contribution < -0.4 is 0 Å². The zero-order valence-corrected chi connectivity index (χ0v) is 10.6. The third-order valence-electron chi connectivity index (χ3n) is 2.59. The van der Waals surface area contributed by atoms with Crippen molar-refractivity contribution in [3.05, 3.63) is 47.8 Å². The molecule has 1 heterocycles. The normalized spacial score (nSPS) is 12.6. The van der Waals surface area contributed by atoms with Gasteiger partial charge in [-0.3, -0.25) is 4.68 Å². The van der Waals surface area contributed by atoms with Crippen LogP contribution in [0.25, 0.3) is 0 Å². The lowest BCUT2D eigenvalue weighted by Gasteiger charge is -2.11. The average molecular weight is 251 g/mol. The number of thioether (sulfide) groups is 1. The molecule has 0 saturated heterocycles. The number of benzene rings is 1. The van der Waals surface area contributed by atoms with Crippen molar-refractivity contribution in [2.75, 3.05) is 0 Å². The molecule has 0 radical (unpaired) electrons. The van der Waals surface area contributed by atoms with Crippen LogP contribution in [0.4, 0.5) is 4.39 Å². The Labute approximate surface area is 104 Å². The predicted octanol–water partition coefficient (Wildman–Crippen LogP) is 2.95. The molecule has 0 aliphatic carbocycles. The lowest BCUT2D eigenvalue weighted by Crippen LogP contribution is -1.99. The van der Waals surface area contributed by atoms with Gasteiger partial charge in [-0.25, -0.2) is 9.37 Å². The average Bonchev–Trinajstić information content (AvgIpc) is 2.72. The molecule has 17 heavy (non-hydrogen) atoms. The minimum Gasteiger partial charge on any atom is -0.252 e. The summed E-state index contributed by atoms with van der Waals surface area (Å²) in [6, 6.07) is 6.72. The van der Waals surface area contributed by atoms with Crippen LogP contribution in [-0.2, 0) is 12.8 Å². The quantitative estimate of drug-likeness (QED) is 0.837. The molecule has 1 aromatic carbocycles. The summed E-state index contributed by atoms with van der Waals surface area (Å²) in [5.74, 6) is 1.51. The van der Waals surface area contributed by atoms with E-state index in [0.29, 0.717) is 0 Å². The summed E-state index contributed by atoms with van der Waals surface area (Å²) < 4.78 is 14.8. The fourth-order valence-electron chi connectivity index (χ4n) is 1.51. The first kappa shape index (κ1) is 12.1. The standard InChI is InChI=1S/C12H14FN3S/c1-9(10-4-3-5-11(13)6-10)17-7-12-14-8-15-16(12)2/h3-6,8-9H,7H2,1-2H3. The highest BCUT2D eigenvalue weighted by Crippen LogP contribution is 2.30. The highest BCUT2D eigenvalue weighted by atomic mass is 32.2. The second-order valence-corrected chi connectivity index (χ2v) is 5.14. The number of rotatable bonds is 4. The van der Waals surface area contributed by atoms with Gasteiger partial charge in [0.1, 0.15) is 18.0 Å². The molecule has 2 rings (SSSR count). The molecule has 0 saturated carbocycles. The van der Waals surface area contributed by atoms with Crippen LogP contribution in [0.3, 0.4) is 0 Å². The van der Waals surface area contributed by atoms with Gasteiger partial charge in [0, 0.05) is 12.3 Å². The SMILES string of the molecule is CC(SCc1ncnn1C)c1cccc(F)c1. The Morgan fingerprint density at radius 1 is 1.47 bits per heavy atom. The third kappa shape index (κ3) is 3.06. The molecular formula is C12H14FN3S. The molecule has 0 aliphatic rings. The summed E-state index contributed by atoms with van der Waals surface area (Å²) in [7, 11) is 1.87. The summed E-state index contributed by atoms with van der Waals surface area (Å²) in [6.45, 7) is 2.07. The monoisotopic (exact) mass is 251 g/mol. The molecule has 0 spiro atoms. The Morgan fingerprint density at radius 3 is 2.94 bits per heavy atom. The van der Waals surface area contributed by atoms with Gasteiger partial charge in [-0.1, -0.05) is 12.1 Å². The van der Waals surface area contributed by atoms with Gasteiger partial charge in [-0.2, -0.15) is 5.10 Å². The van der Waals surface area contributed by atoms with E-state index in [9.17, 15) is 4.39 Å². The molecule has 0 N–H and O–H groups in total. The predicted molar refractivity (Wildman–Crippen MR) is 67.1 cm³/mol. The fraction of sp³-hybridized carbons (Fsp3) is 0.333. The minimum atomic E-state index is -0.186. The maximum atomic E-state index is 13.1. The highest BCUT2D eigenvalue weighted by molar-refractivity contribution is 7.98. The van der Waals surface area contributed by atoms with Crippen molar-refractivity contribution in [2.45, 2.75) is 17.9 Å². The Morgan fingerprint density at radius 2 is 2.29 bits per heavy atom. The molecule has 0 fully saturated rings. The summed E-state index contributed by atoms with van der Waals surface area (Å²) in [4.78, 5) is 4.16. The molecule has 0 bridgehead atoms. The lowest BCUT2D eigenvalue weighted by molar-refractivity contribution is 0.625. The van der Waals surface area contributed by atoms with Crippen molar-refractivity contribution >= 4 is 11.8 Å². The van der Waals surface area contributed by atoms with Gasteiger partial charge in [-0.05, 0) is 24.6 Å². The van der Waals surface area contributed by atoms with Crippen molar-refractivity contribution in [1.82, 2.24) is 14.8 Å². The van der Waals surface area contributed by atoms with Crippen LogP contribution in [0.15, 0.2) is 30.6 Å². The van der Waals surface area contributed by atoms with Crippen molar-refractivity contribution in [3.8, 4) is 0 Å². The Kier molecular flexibility index (Phi) is 3.78.